The third-order valence-corrected chi connectivity index (χ3v) is 7.12. The van der Waals surface area contributed by atoms with Crippen LogP contribution in [-0.2, 0) is 11.3 Å². The fourth-order valence-corrected chi connectivity index (χ4v) is 5.00. The number of amides is 1. The highest BCUT2D eigenvalue weighted by Gasteiger charge is 2.19. The number of carbonyl (C=O) groups excluding carboxylic acids is 1. The van der Waals surface area contributed by atoms with Gasteiger partial charge >= 0.3 is 0 Å². The Labute approximate surface area is 228 Å². The topological polar surface area (TPSA) is 72.7 Å². The number of thioether (sulfide) groups is 1. The molecule has 1 amide bonds. The second kappa shape index (κ2) is 11.2. The summed E-state index contributed by atoms with van der Waals surface area (Å²) in [6.45, 7) is 4.38. The Morgan fingerprint density at radius 3 is 2.59 bits per heavy atom. The zero-order valence-electron chi connectivity index (χ0n) is 19.6. The van der Waals surface area contributed by atoms with E-state index in [-0.39, 0.29) is 11.7 Å². The number of hydrogen-bond donors (Lipinski definition) is 1. The second-order valence-corrected chi connectivity index (χ2v) is 9.89. The van der Waals surface area contributed by atoms with E-state index in [2.05, 4.69) is 22.1 Å². The van der Waals surface area contributed by atoms with Crippen LogP contribution in [0.25, 0.3) is 33.5 Å². The summed E-state index contributed by atoms with van der Waals surface area (Å²) in [6, 6.07) is 24.9. The van der Waals surface area contributed by atoms with Crippen molar-refractivity contribution in [2.24, 2.45) is 0 Å². The molecule has 184 valence electrons. The first-order chi connectivity index (χ1) is 18.0. The minimum atomic E-state index is -0.232. The summed E-state index contributed by atoms with van der Waals surface area (Å²) in [4.78, 5) is 17.5. The molecule has 1 N–H and O–H groups in total. The molecule has 0 saturated heterocycles. The van der Waals surface area contributed by atoms with Gasteiger partial charge in [-0.2, -0.15) is 0 Å². The molecular formula is C28H21Cl2N5OS. The second-order valence-electron chi connectivity index (χ2n) is 8.10. The summed E-state index contributed by atoms with van der Waals surface area (Å²) in [7, 11) is 0. The van der Waals surface area contributed by atoms with E-state index in [0.717, 1.165) is 27.7 Å². The van der Waals surface area contributed by atoms with Gasteiger partial charge in [0.05, 0.1) is 27.7 Å². The van der Waals surface area contributed by atoms with Crippen molar-refractivity contribution in [2.75, 3.05) is 11.1 Å². The summed E-state index contributed by atoms with van der Waals surface area (Å²) in [5, 5.41) is 14.2. The molecule has 9 heteroatoms. The number of allylic oxidation sites excluding steroid dienone is 1. The number of nitrogens with zero attached hydrogens (tertiary/aromatic N) is 4. The van der Waals surface area contributed by atoms with Crippen LogP contribution in [0.1, 0.15) is 0 Å². The molecule has 0 unspecified atom stereocenters. The van der Waals surface area contributed by atoms with E-state index in [9.17, 15) is 4.79 Å². The molecule has 0 fully saturated rings. The van der Waals surface area contributed by atoms with Gasteiger partial charge < -0.3 is 5.32 Å². The van der Waals surface area contributed by atoms with Crippen LogP contribution in [0.4, 0.5) is 5.69 Å². The number of carbonyl (C=O) groups is 1. The Bertz CT molecular complexity index is 1600. The standard InChI is InChI=1S/C28H21Cl2N5OS/c1-2-14-35-27(33-34-28(35)37-17-26(36)32-25-15-19(29)12-13-22(25)30)21-16-24(18-8-4-3-5-9-18)31-23-11-7-6-10-20(21)23/h2-13,15-16H,1,14,17H2,(H,32,36). The number of fused-ring (bicyclic) bond motifs is 1. The lowest BCUT2D eigenvalue weighted by Gasteiger charge is -2.12. The van der Waals surface area contributed by atoms with E-state index < -0.39 is 0 Å². The van der Waals surface area contributed by atoms with Gasteiger partial charge in [0.1, 0.15) is 0 Å². The van der Waals surface area contributed by atoms with Crippen molar-refractivity contribution < 1.29 is 4.79 Å². The smallest absolute Gasteiger partial charge is 0.234 e. The van der Waals surface area contributed by atoms with Gasteiger partial charge in [0.15, 0.2) is 11.0 Å². The minimum Gasteiger partial charge on any atom is -0.324 e. The van der Waals surface area contributed by atoms with Crippen molar-refractivity contribution >= 4 is 57.5 Å². The average molecular weight is 546 g/mol. The van der Waals surface area contributed by atoms with Crippen molar-refractivity contribution in [3.63, 3.8) is 0 Å². The largest absolute Gasteiger partial charge is 0.324 e. The van der Waals surface area contributed by atoms with Crippen molar-refractivity contribution in [1.29, 1.82) is 0 Å². The fourth-order valence-electron chi connectivity index (χ4n) is 3.92. The maximum Gasteiger partial charge on any atom is 0.234 e. The van der Waals surface area contributed by atoms with Gasteiger partial charge in [0.25, 0.3) is 0 Å². The fraction of sp³-hybridized carbons (Fsp3) is 0.0714. The third-order valence-electron chi connectivity index (χ3n) is 5.59. The molecule has 5 rings (SSSR count). The highest BCUT2D eigenvalue weighted by Crippen LogP contribution is 2.33. The molecule has 5 aromatic rings. The monoisotopic (exact) mass is 545 g/mol. The van der Waals surface area contributed by atoms with Crippen LogP contribution in [0.5, 0.6) is 0 Å². The normalized spacial score (nSPS) is 11.0. The molecule has 37 heavy (non-hydrogen) atoms. The quantitative estimate of drug-likeness (QED) is 0.162. The number of rotatable bonds is 8. The summed E-state index contributed by atoms with van der Waals surface area (Å²) in [6.07, 6.45) is 1.78. The van der Waals surface area contributed by atoms with Crippen molar-refractivity contribution in [1.82, 2.24) is 19.7 Å². The maximum absolute atomic E-state index is 12.7. The van der Waals surface area contributed by atoms with E-state index in [4.69, 9.17) is 28.2 Å². The van der Waals surface area contributed by atoms with Crippen molar-refractivity contribution in [3.05, 3.63) is 102 Å². The van der Waals surface area contributed by atoms with Crippen LogP contribution >= 0.6 is 35.0 Å². The van der Waals surface area contributed by atoms with E-state index in [0.29, 0.717) is 33.3 Å². The van der Waals surface area contributed by atoms with Crippen molar-refractivity contribution in [2.45, 2.75) is 11.7 Å². The first-order valence-electron chi connectivity index (χ1n) is 11.4. The molecule has 3 aromatic carbocycles. The van der Waals surface area contributed by atoms with E-state index >= 15 is 0 Å². The van der Waals surface area contributed by atoms with Gasteiger partial charge in [0.2, 0.25) is 5.91 Å². The number of pyridine rings is 1. The molecule has 0 bridgehead atoms. The van der Waals surface area contributed by atoms with Gasteiger partial charge in [-0.25, -0.2) is 4.98 Å². The van der Waals surface area contributed by atoms with Crippen LogP contribution < -0.4 is 5.32 Å². The maximum atomic E-state index is 12.7. The predicted molar refractivity (Wildman–Crippen MR) is 152 cm³/mol. The highest BCUT2D eigenvalue weighted by molar-refractivity contribution is 7.99. The number of anilines is 1. The lowest BCUT2D eigenvalue weighted by molar-refractivity contribution is -0.113. The molecule has 0 atom stereocenters. The highest BCUT2D eigenvalue weighted by atomic mass is 35.5. The van der Waals surface area contributed by atoms with Crippen LogP contribution in [0.15, 0.2) is 96.7 Å². The van der Waals surface area contributed by atoms with Gasteiger partial charge in [-0.1, -0.05) is 89.6 Å². The van der Waals surface area contributed by atoms with Gasteiger partial charge in [0, 0.05) is 28.1 Å². The Morgan fingerprint density at radius 1 is 1.00 bits per heavy atom. The Balaban J connectivity index is 1.48. The molecule has 6 nitrogen and oxygen atoms in total. The molecular weight excluding hydrogens is 525 g/mol. The molecule has 0 aliphatic heterocycles. The first kappa shape index (κ1) is 25.0. The van der Waals surface area contributed by atoms with E-state index in [1.54, 1.807) is 24.3 Å². The Morgan fingerprint density at radius 2 is 1.78 bits per heavy atom. The summed E-state index contributed by atoms with van der Waals surface area (Å²) in [5.74, 6) is 0.561. The first-order valence-corrected chi connectivity index (χ1v) is 13.1. The SMILES string of the molecule is C=CCn1c(SCC(=O)Nc2cc(Cl)ccc2Cl)nnc1-c1cc(-c2ccccc2)nc2ccccc12. The Kier molecular flexibility index (Phi) is 7.55. The molecule has 0 aliphatic carbocycles. The van der Waals surface area contributed by atoms with Crippen molar-refractivity contribution in [3.8, 4) is 22.6 Å². The van der Waals surface area contributed by atoms with Crippen LogP contribution in [0.3, 0.4) is 0 Å². The number of halogens is 2. The van der Waals surface area contributed by atoms with Crippen LogP contribution in [0, 0.1) is 0 Å². The minimum absolute atomic E-state index is 0.116. The average Bonchev–Trinajstić information content (AvgIpc) is 3.32. The zero-order valence-corrected chi connectivity index (χ0v) is 21.9. The van der Waals surface area contributed by atoms with Crippen LogP contribution in [-0.4, -0.2) is 31.4 Å². The summed E-state index contributed by atoms with van der Waals surface area (Å²) in [5.41, 5.74) is 4.08. The summed E-state index contributed by atoms with van der Waals surface area (Å²) >= 11 is 13.5. The van der Waals surface area contributed by atoms with Crippen LogP contribution in [0.2, 0.25) is 10.0 Å². The lowest BCUT2D eigenvalue weighted by Crippen LogP contribution is -2.15. The third kappa shape index (κ3) is 5.54. The molecule has 0 aliphatic rings. The molecule has 0 saturated carbocycles. The van der Waals surface area contributed by atoms with Gasteiger partial charge in [-0.3, -0.25) is 9.36 Å². The molecule has 0 spiro atoms. The zero-order chi connectivity index (χ0) is 25.8. The number of aromatic nitrogens is 4. The number of para-hydroxylation sites is 1. The van der Waals surface area contributed by atoms with E-state index in [1.165, 1.54) is 11.8 Å². The number of hydrogen-bond acceptors (Lipinski definition) is 5. The lowest BCUT2D eigenvalue weighted by atomic mass is 10.0. The van der Waals surface area contributed by atoms with Gasteiger partial charge in [-0.15, -0.1) is 16.8 Å². The molecule has 2 heterocycles. The Hall–Kier alpha value is -3.65. The predicted octanol–water partition coefficient (Wildman–Crippen LogP) is 7.38. The molecule has 0 radical (unpaired) electrons. The summed E-state index contributed by atoms with van der Waals surface area (Å²) < 4.78 is 1.95. The van der Waals surface area contributed by atoms with E-state index in [1.807, 2.05) is 65.2 Å². The number of nitrogens with one attached hydrogen (secondary N) is 1. The van der Waals surface area contributed by atoms with Gasteiger partial charge in [-0.05, 0) is 30.3 Å². The molecule has 2 aromatic heterocycles. The number of benzene rings is 3.